The monoisotopic (exact) mass is 276 g/mol. The minimum atomic E-state index is -0.808. The topological polar surface area (TPSA) is 70.4 Å². The molecule has 0 saturated carbocycles. The van der Waals surface area contributed by atoms with Gasteiger partial charge in [0.15, 0.2) is 6.10 Å². The normalized spacial score (nSPS) is 15.4. The van der Waals surface area contributed by atoms with Gasteiger partial charge in [-0.05, 0) is 19.1 Å². The highest BCUT2D eigenvalue weighted by Crippen LogP contribution is 2.34. The first-order valence-corrected chi connectivity index (χ1v) is 6.71. The summed E-state index contributed by atoms with van der Waals surface area (Å²) in [6.07, 6.45) is -0.808. The molecule has 0 aromatic heterocycles. The third kappa shape index (κ3) is 3.06. The van der Waals surface area contributed by atoms with Crippen LogP contribution in [0.2, 0.25) is 0 Å². The molecule has 1 atom stereocenters. The summed E-state index contributed by atoms with van der Waals surface area (Å²) in [6.45, 7) is 1.32. The van der Waals surface area contributed by atoms with Crippen LogP contribution in [0.5, 0.6) is 0 Å². The van der Waals surface area contributed by atoms with E-state index in [1.807, 2.05) is 24.3 Å². The molecule has 1 aliphatic rings. The van der Waals surface area contributed by atoms with Crippen LogP contribution in [0.3, 0.4) is 0 Å². The molecule has 0 unspecified atom stereocenters. The zero-order chi connectivity index (χ0) is 13.8. The Bertz CT molecular complexity index is 553. The molecule has 0 radical (unpaired) electrons. The average Bonchev–Trinajstić information content (AvgIpc) is 2.42. The fourth-order valence-electron chi connectivity index (χ4n) is 1.72. The van der Waals surface area contributed by atoms with Crippen molar-refractivity contribution in [2.45, 2.75) is 17.9 Å². The summed E-state index contributed by atoms with van der Waals surface area (Å²) in [5.41, 5.74) is 0.713. The van der Waals surface area contributed by atoms with E-state index in [1.165, 1.54) is 23.6 Å². The molecule has 1 aliphatic heterocycles. The Labute approximate surface area is 115 Å². The highest BCUT2D eigenvalue weighted by molar-refractivity contribution is 8.00. The van der Waals surface area contributed by atoms with Gasteiger partial charge in [-0.25, -0.2) is 0 Å². The SMILES string of the molecule is C[C@@H](C#N)OC(=O)CN1C(=O)CSc2ccccc21. The Morgan fingerprint density at radius 2 is 2.32 bits per heavy atom. The Morgan fingerprint density at radius 3 is 3.05 bits per heavy atom. The Morgan fingerprint density at radius 1 is 1.58 bits per heavy atom. The minimum absolute atomic E-state index is 0.134. The van der Waals surface area contributed by atoms with Gasteiger partial charge in [0, 0.05) is 4.90 Å². The second-order valence-corrected chi connectivity index (χ2v) is 5.01. The molecule has 1 heterocycles. The first-order valence-electron chi connectivity index (χ1n) is 5.73. The number of amides is 1. The number of esters is 1. The molecule has 0 N–H and O–H groups in total. The predicted octanol–water partition coefficient (Wildman–Crippen LogP) is 1.58. The zero-order valence-corrected chi connectivity index (χ0v) is 11.1. The fourth-order valence-corrected chi connectivity index (χ4v) is 2.65. The zero-order valence-electron chi connectivity index (χ0n) is 10.3. The van der Waals surface area contributed by atoms with Crippen molar-refractivity contribution in [3.63, 3.8) is 0 Å². The number of carbonyl (C=O) groups excluding carboxylic acids is 2. The highest BCUT2D eigenvalue weighted by Gasteiger charge is 2.27. The first kappa shape index (κ1) is 13.4. The quantitative estimate of drug-likeness (QED) is 0.784. The van der Waals surface area contributed by atoms with Gasteiger partial charge < -0.3 is 4.74 Å². The van der Waals surface area contributed by atoms with Gasteiger partial charge in [-0.3, -0.25) is 14.5 Å². The van der Waals surface area contributed by atoms with Crippen LogP contribution in [0.1, 0.15) is 6.92 Å². The number of nitriles is 1. The number of hydrogen-bond donors (Lipinski definition) is 0. The lowest BCUT2D eigenvalue weighted by Crippen LogP contribution is -2.40. The van der Waals surface area contributed by atoms with E-state index in [0.717, 1.165) is 4.90 Å². The Balaban J connectivity index is 2.14. The van der Waals surface area contributed by atoms with Crippen molar-refractivity contribution in [2.24, 2.45) is 0 Å². The van der Waals surface area contributed by atoms with Crippen molar-refractivity contribution in [1.29, 1.82) is 5.26 Å². The molecule has 1 amide bonds. The third-order valence-corrected chi connectivity index (χ3v) is 3.63. The summed E-state index contributed by atoms with van der Waals surface area (Å²) in [5, 5.41) is 8.59. The Hall–Kier alpha value is -2.00. The summed E-state index contributed by atoms with van der Waals surface area (Å²) >= 11 is 1.45. The average molecular weight is 276 g/mol. The molecule has 0 saturated heterocycles. The van der Waals surface area contributed by atoms with Crippen LogP contribution in [0.15, 0.2) is 29.2 Å². The maximum atomic E-state index is 11.9. The molecule has 6 heteroatoms. The van der Waals surface area contributed by atoms with Gasteiger partial charge in [0.1, 0.15) is 12.6 Å². The Kier molecular flexibility index (Phi) is 4.07. The summed E-state index contributed by atoms with van der Waals surface area (Å²) in [4.78, 5) is 25.9. The van der Waals surface area contributed by atoms with Gasteiger partial charge >= 0.3 is 5.97 Å². The molecular formula is C13H12N2O3S. The standard InChI is InChI=1S/C13H12N2O3S/c1-9(6-14)18-13(17)7-15-10-4-2-3-5-11(10)19-8-12(15)16/h2-5,9H,7-8H2,1H3/t9-/m0/s1. The van der Waals surface area contributed by atoms with E-state index in [0.29, 0.717) is 11.4 Å². The van der Waals surface area contributed by atoms with E-state index in [2.05, 4.69) is 0 Å². The summed E-state index contributed by atoms with van der Waals surface area (Å²) in [5.74, 6) is -0.410. The van der Waals surface area contributed by atoms with Gasteiger partial charge in [0.05, 0.1) is 11.4 Å². The molecule has 1 aromatic rings. The largest absolute Gasteiger partial charge is 0.446 e. The van der Waals surface area contributed by atoms with E-state index in [1.54, 1.807) is 6.07 Å². The van der Waals surface area contributed by atoms with Crippen molar-refractivity contribution in [3.05, 3.63) is 24.3 Å². The van der Waals surface area contributed by atoms with Gasteiger partial charge in [-0.1, -0.05) is 12.1 Å². The maximum absolute atomic E-state index is 11.9. The van der Waals surface area contributed by atoms with Crippen molar-refractivity contribution in [1.82, 2.24) is 0 Å². The van der Waals surface area contributed by atoms with Gasteiger partial charge in [-0.2, -0.15) is 5.26 Å². The lowest BCUT2D eigenvalue weighted by molar-refractivity contribution is -0.144. The number of thioether (sulfide) groups is 1. The molecule has 19 heavy (non-hydrogen) atoms. The number of fused-ring (bicyclic) bond motifs is 1. The van der Waals surface area contributed by atoms with E-state index in [4.69, 9.17) is 10.00 Å². The number of hydrogen-bond acceptors (Lipinski definition) is 5. The van der Waals surface area contributed by atoms with Crippen LogP contribution < -0.4 is 4.90 Å². The molecular weight excluding hydrogens is 264 g/mol. The second-order valence-electron chi connectivity index (χ2n) is 4.00. The van der Waals surface area contributed by atoms with Gasteiger partial charge in [-0.15, -0.1) is 11.8 Å². The van der Waals surface area contributed by atoms with Gasteiger partial charge in [0.25, 0.3) is 0 Å². The van der Waals surface area contributed by atoms with Crippen LogP contribution in [0.25, 0.3) is 0 Å². The first-order chi connectivity index (χ1) is 9.11. The van der Waals surface area contributed by atoms with E-state index in [-0.39, 0.29) is 12.5 Å². The van der Waals surface area contributed by atoms with Gasteiger partial charge in [0.2, 0.25) is 5.91 Å². The fraction of sp³-hybridized carbons (Fsp3) is 0.308. The molecule has 5 nitrogen and oxygen atoms in total. The molecule has 0 bridgehead atoms. The lowest BCUT2D eigenvalue weighted by atomic mass is 10.2. The number of anilines is 1. The van der Waals surface area contributed by atoms with Crippen molar-refractivity contribution in [3.8, 4) is 6.07 Å². The second kappa shape index (κ2) is 5.76. The maximum Gasteiger partial charge on any atom is 0.327 e. The minimum Gasteiger partial charge on any atom is -0.446 e. The van der Waals surface area contributed by atoms with Crippen LogP contribution in [0.4, 0.5) is 5.69 Å². The number of para-hydroxylation sites is 1. The van der Waals surface area contributed by atoms with E-state index in [9.17, 15) is 9.59 Å². The predicted molar refractivity (Wildman–Crippen MR) is 70.7 cm³/mol. The molecule has 2 rings (SSSR count). The third-order valence-electron chi connectivity index (χ3n) is 2.59. The number of benzene rings is 1. The number of rotatable bonds is 3. The van der Waals surface area contributed by atoms with E-state index >= 15 is 0 Å². The number of carbonyl (C=O) groups is 2. The molecule has 1 aromatic carbocycles. The summed E-state index contributed by atoms with van der Waals surface area (Å²) < 4.78 is 4.86. The van der Waals surface area contributed by atoms with Crippen LogP contribution in [-0.2, 0) is 14.3 Å². The van der Waals surface area contributed by atoms with Crippen LogP contribution >= 0.6 is 11.8 Å². The van der Waals surface area contributed by atoms with Crippen molar-refractivity contribution >= 4 is 29.3 Å². The molecule has 98 valence electrons. The number of ether oxygens (including phenoxy) is 1. The molecule has 0 spiro atoms. The molecule has 0 fully saturated rings. The van der Waals surface area contributed by atoms with E-state index < -0.39 is 12.1 Å². The molecule has 0 aliphatic carbocycles. The summed E-state index contributed by atoms with van der Waals surface area (Å²) in [7, 11) is 0. The van der Waals surface area contributed by atoms with Crippen molar-refractivity contribution < 1.29 is 14.3 Å². The smallest absolute Gasteiger partial charge is 0.327 e. The lowest BCUT2D eigenvalue weighted by Gasteiger charge is -2.28. The van der Waals surface area contributed by atoms with Crippen molar-refractivity contribution in [2.75, 3.05) is 17.2 Å². The van der Waals surface area contributed by atoms with Crippen LogP contribution in [-0.4, -0.2) is 30.3 Å². The summed E-state index contributed by atoms with van der Waals surface area (Å²) in [6, 6.07) is 9.21. The number of nitrogens with zero attached hydrogens (tertiary/aromatic N) is 2. The van der Waals surface area contributed by atoms with Crippen LogP contribution in [0, 0.1) is 11.3 Å². The highest BCUT2D eigenvalue weighted by atomic mass is 32.2.